The highest BCUT2D eigenvalue weighted by molar-refractivity contribution is 5.98. The van der Waals surface area contributed by atoms with Crippen LogP contribution in [0.15, 0.2) is 84.9 Å². The van der Waals surface area contributed by atoms with Gasteiger partial charge in [-0.3, -0.25) is 4.79 Å². The molecule has 0 spiro atoms. The SMILES string of the molecule is COC(=O)/C=C/COc1ccc(-c2ccccc2)c(-c2ccccc2)c1C=O. The van der Waals surface area contributed by atoms with Crippen molar-refractivity contribution in [2.45, 2.75) is 0 Å². The highest BCUT2D eigenvalue weighted by Gasteiger charge is 2.16. The molecule has 28 heavy (non-hydrogen) atoms. The first-order chi connectivity index (χ1) is 13.7. The molecule has 0 bridgehead atoms. The van der Waals surface area contributed by atoms with Crippen LogP contribution in [0.2, 0.25) is 0 Å². The molecule has 3 rings (SSSR count). The van der Waals surface area contributed by atoms with Gasteiger partial charge in [-0.15, -0.1) is 0 Å². The summed E-state index contributed by atoms with van der Waals surface area (Å²) in [6.45, 7) is 0.148. The zero-order valence-electron chi connectivity index (χ0n) is 15.5. The Labute approximate surface area is 164 Å². The van der Waals surface area contributed by atoms with Gasteiger partial charge < -0.3 is 9.47 Å². The summed E-state index contributed by atoms with van der Waals surface area (Å²) < 4.78 is 10.3. The van der Waals surface area contributed by atoms with Crippen molar-refractivity contribution < 1.29 is 19.1 Å². The van der Waals surface area contributed by atoms with Gasteiger partial charge in [-0.2, -0.15) is 0 Å². The molecule has 4 nitrogen and oxygen atoms in total. The molecule has 0 unspecified atom stereocenters. The average Bonchev–Trinajstić information content (AvgIpc) is 2.77. The number of esters is 1. The Kier molecular flexibility index (Phi) is 6.37. The van der Waals surface area contributed by atoms with Crippen LogP contribution in [0.4, 0.5) is 0 Å². The number of methoxy groups -OCH3 is 1. The monoisotopic (exact) mass is 372 g/mol. The Morgan fingerprint density at radius 3 is 2.14 bits per heavy atom. The fraction of sp³-hybridized carbons (Fsp3) is 0.0833. The van der Waals surface area contributed by atoms with E-state index in [0.717, 1.165) is 28.5 Å². The highest BCUT2D eigenvalue weighted by atomic mass is 16.5. The lowest BCUT2D eigenvalue weighted by Crippen LogP contribution is -2.02. The van der Waals surface area contributed by atoms with Crippen molar-refractivity contribution in [3.05, 3.63) is 90.5 Å². The van der Waals surface area contributed by atoms with Crippen molar-refractivity contribution in [1.82, 2.24) is 0 Å². The molecule has 0 fully saturated rings. The third-order valence-corrected chi connectivity index (χ3v) is 4.26. The van der Waals surface area contributed by atoms with Gasteiger partial charge in [-0.05, 0) is 28.8 Å². The number of carbonyl (C=O) groups excluding carboxylic acids is 2. The molecule has 0 aliphatic heterocycles. The highest BCUT2D eigenvalue weighted by Crippen LogP contribution is 2.38. The van der Waals surface area contributed by atoms with E-state index in [1.54, 1.807) is 12.1 Å². The second-order valence-electron chi connectivity index (χ2n) is 5.99. The van der Waals surface area contributed by atoms with E-state index in [2.05, 4.69) is 4.74 Å². The fourth-order valence-corrected chi connectivity index (χ4v) is 2.97. The van der Waals surface area contributed by atoms with Crippen LogP contribution in [0.3, 0.4) is 0 Å². The molecule has 140 valence electrons. The van der Waals surface area contributed by atoms with Crippen LogP contribution in [-0.4, -0.2) is 26.0 Å². The van der Waals surface area contributed by atoms with Crippen LogP contribution in [0.5, 0.6) is 5.75 Å². The van der Waals surface area contributed by atoms with Gasteiger partial charge in [-0.25, -0.2) is 4.79 Å². The predicted octanol–water partition coefficient (Wildman–Crippen LogP) is 4.94. The normalized spacial score (nSPS) is 10.6. The molecular formula is C24H20O4. The van der Waals surface area contributed by atoms with Crippen molar-refractivity contribution in [2.24, 2.45) is 0 Å². The van der Waals surface area contributed by atoms with E-state index in [0.29, 0.717) is 11.3 Å². The molecule has 3 aromatic carbocycles. The summed E-state index contributed by atoms with van der Waals surface area (Å²) in [5.74, 6) is 0.00617. The maximum absolute atomic E-state index is 12.0. The minimum Gasteiger partial charge on any atom is -0.489 e. The number of hydrogen-bond donors (Lipinski definition) is 0. The molecule has 0 amide bonds. The molecule has 0 saturated heterocycles. The van der Waals surface area contributed by atoms with Gasteiger partial charge in [0.1, 0.15) is 12.4 Å². The second kappa shape index (κ2) is 9.33. The van der Waals surface area contributed by atoms with E-state index < -0.39 is 5.97 Å². The topological polar surface area (TPSA) is 52.6 Å². The lowest BCUT2D eigenvalue weighted by Gasteiger charge is -2.16. The van der Waals surface area contributed by atoms with Gasteiger partial charge in [0, 0.05) is 11.6 Å². The van der Waals surface area contributed by atoms with Crippen LogP contribution in [0, 0.1) is 0 Å². The molecule has 4 heteroatoms. The van der Waals surface area contributed by atoms with Gasteiger partial charge in [0.15, 0.2) is 6.29 Å². The Hall–Kier alpha value is -3.66. The maximum Gasteiger partial charge on any atom is 0.330 e. The van der Waals surface area contributed by atoms with Gasteiger partial charge in [0.25, 0.3) is 0 Å². The van der Waals surface area contributed by atoms with Crippen LogP contribution in [0.1, 0.15) is 10.4 Å². The van der Waals surface area contributed by atoms with Crippen LogP contribution in [-0.2, 0) is 9.53 Å². The lowest BCUT2D eigenvalue weighted by atomic mass is 9.90. The maximum atomic E-state index is 12.0. The third-order valence-electron chi connectivity index (χ3n) is 4.26. The molecule has 0 aromatic heterocycles. The average molecular weight is 372 g/mol. The fourth-order valence-electron chi connectivity index (χ4n) is 2.97. The largest absolute Gasteiger partial charge is 0.489 e. The standard InChI is InChI=1S/C24H20O4/c1-27-23(26)13-8-16-28-22-15-14-20(18-9-4-2-5-10-18)24(21(22)17-25)19-11-6-3-7-12-19/h2-15,17H,16H2,1H3/b13-8+. The van der Waals surface area contributed by atoms with E-state index in [-0.39, 0.29) is 6.61 Å². The number of ether oxygens (including phenoxy) is 2. The third kappa shape index (κ3) is 4.35. The molecule has 0 aliphatic rings. The first-order valence-electron chi connectivity index (χ1n) is 8.85. The first-order valence-corrected chi connectivity index (χ1v) is 8.85. The smallest absolute Gasteiger partial charge is 0.330 e. The van der Waals surface area contributed by atoms with Gasteiger partial charge >= 0.3 is 5.97 Å². The number of carbonyl (C=O) groups is 2. The van der Waals surface area contributed by atoms with Gasteiger partial charge in [-0.1, -0.05) is 66.7 Å². The van der Waals surface area contributed by atoms with E-state index in [1.807, 2.05) is 66.7 Å². The quantitative estimate of drug-likeness (QED) is 0.335. The molecule has 0 aliphatic carbocycles. The minimum absolute atomic E-state index is 0.148. The Balaban J connectivity index is 2.05. The number of aldehydes is 1. The predicted molar refractivity (Wildman–Crippen MR) is 109 cm³/mol. The van der Waals surface area contributed by atoms with Crippen molar-refractivity contribution in [3.8, 4) is 28.0 Å². The van der Waals surface area contributed by atoms with E-state index >= 15 is 0 Å². The van der Waals surface area contributed by atoms with Crippen LogP contribution in [0.25, 0.3) is 22.3 Å². The molecule has 0 heterocycles. The van der Waals surface area contributed by atoms with Gasteiger partial charge in [0.2, 0.25) is 0 Å². The molecule has 0 saturated carbocycles. The molecular weight excluding hydrogens is 352 g/mol. The van der Waals surface area contributed by atoms with Crippen molar-refractivity contribution in [2.75, 3.05) is 13.7 Å². The summed E-state index contributed by atoms with van der Waals surface area (Å²) in [5.41, 5.74) is 4.18. The summed E-state index contributed by atoms with van der Waals surface area (Å²) in [7, 11) is 1.31. The Morgan fingerprint density at radius 1 is 0.893 bits per heavy atom. The zero-order chi connectivity index (χ0) is 19.8. The number of hydrogen-bond acceptors (Lipinski definition) is 4. The molecule has 0 radical (unpaired) electrons. The van der Waals surface area contributed by atoms with Crippen molar-refractivity contribution >= 4 is 12.3 Å². The zero-order valence-corrected chi connectivity index (χ0v) is 15.5. The molecule has 0 N–H and O–H groups in total. The summed E-state index contributed by atoms with van der Waals surface area (Å²) >= 11 is 0. The lowest BCUT2D eigenvalue weighted by molar-refractivity contribution is -0.134. The first kappa shape index (κ1) is 19.1. The van der Waals surface area contributed by atoms with E-state index in [1.165, 1.54) is 13.2 Å². The van der Waals surface area contributed by atoms with Crippen molar-refractivity contribution in [1.29, 1.82) is 0 Å². The second-order valence-corrected chi connectivity index (χ2v) is 5.99. The molecule has 3 aromatic rings. The molecule has 0 atom stereocenters. The van der Waals surface area contributed by atoms with Crippen molar-refractivity contribution in [3.63, 3.8) is 0 Å². The van der Waals surface area contributed by atoms with E-state index in [9.17, 15) is 9.59 Å². The summed E-state index contributed by atoms with van der Waals surface area (Å²) in [6.07, 6.45) is 3.65. The summed E-state index contributed by atoms with van der Waals surface area (Å²) in [4.78, 5) is 23.2. The van der Waals surface area contributed by atoms with Crippen LogP contribution >= 0.6 is 0 Å². The summed E-state index contributed by atoms with van der Waals surface area (Å²) in [6, 6.07) is 23.4. The van der Waals surface area contributed by atoms with Crippen LogP contribution < -0.4 is 4.74 Å². The Bertz CT molecular complexity index is 976. The van der Waals surface area contributed by atoms with Gasteiger partial charge in [0.05, 0.1) is 12.7 Å². The number of benzene rings is 3. The summed E-state index contributed by atoms with van der Waals surface area (Å²) in [5, 5.41) is 0. The minimum atomic E-state index is -0.455. The Morgan fingerprint density at radius 2 is 1.54 bits per heavy atom. The number of rotatable bonds is 7. The van der Waals surface area contributed by atoms with E-state index in [4.69, 9.17) is 4.74 Å².